The third-order valence-electron chi connectivity index (χ3n) is 4.92. The molecule has 1 N–H and O–H groups in total. The molecule has 27 heavy (non-hydrogen) atoms. The molecule has 1 aromatic heterocycles. The van der Waals surface area contributed by atoms with Crippen LogP contribution in [0.4, 0.5) is 0 Å². The number of aromatic nitrogens is 1. The van der Waals surface area contributed by atoms with Crippen molar-refractivity contribution in [3.63, 3.8) is 0 Å². The van der Waals surface area contributed by atoms with Gasteiger partial charge >= 0.3 is 0 Å². The number of hydrogen-bond acceptors (Lipinski definition) is 3. The lowest BCUT2D eigenvalue weighted by Crippen LogP contribution is -2.21. The van der Waals surface area contributed by atoms with Gasteiger partial charge in [-0.25, -0.2) is 0 Å². The number of nitrogens with one attached hydrogen (secondary N) is 1. The zero-order chi connectivity index (χ0) is 20.4. The van der Waals surface area contributed by atoms with Gasteiger partial charge in [-0.1, -0.05) is 59.7 Å². The lowest BCUT2D eigenvalue weighted by molar-refractivity contribution is -0.126. The second kappa shape index (κ2) is 7.79. The zero-order valence-electron chi connectivity index (χ0n) is 17.4. The van der Waals surface area contributed by atoms with Crippen LogP contribution < -0.4 is 0 Å². The van der Waals surface area contributed by atoms with Crippen LogP contribution in [0, 0.1) is 10.8 Å². The Bertz CT molecular complexity index is 860. The lowest BCUT2D eigenvalue weighted by atomic mass is 9.86. The van der Waals surface area contributed by atoms with Gasteiger partial charge in [0.25, 0.3) is 0 Å². The maximum absolute atomic E-state index is 13.0. The first kappa shape index (κ1) is 21.1. The van der Waals surface area contributed by atoms with E-state index in [1.54, 1.807) is 0 Å². The van der Waals surface area contributed by atoms with Crippen LogP contribution in [0.5, 0.6) is 0 Å². The first-order valence-electron chi connectivity index (χ1n) is 9.60. The monoisotopic (exact) mass is 369 g/mol. The fraction of sp³-hybridized carbons (Fsp3) is 0.522. The Labute approximate surface area is 161 Å². The number of aryl methyl sites for hydroxylation is 1. The number of rotatable bonds is 7. The van der Waals surface area contributed by atoms with E-state index in [0.717, 1.165) is 16.6 Å². The number of fused-ring (bicyclic) bond motifs is 1. The molecule has 2 rings (SSSR count). The van der Waals surface area contributed by atoms with Crippen molar-refractivity contribution in [1.29, 1.82) is 0 Å². The van der Waals surface area contributed by atoms with Gasteiger partial charge in [-0.3, -0.25) is 14.4 Å². The molecule has 1 heterocycles. The van der Waals surface area contributed by atoms with Crippen LogP contribution >= 0.6 is 0 Å². The smallest absolute Gasteiger partial charge is 0.165 e. The van der Waals surface area contributed by atoms with Gasteiger partial charge in [0.2, 0.25) is 0 Å². The van der Waals surface area contributed by atoms with Gasteiger partial charge < -0.3 is 4.98 Å². The van der Waals surface area contributed by atoms with Crippen molar-refractivity contribution in [2.45, 2.75) is 67.2 Å². The number of carbonyl (C=O) groups excluding carboxylic acids is 3. The molecule has 4 nitrogen and oxygen atoms in total. The second-order valence-corrected chi connectivity index (χ2v) is 9.29. The summed E-state index contributed by atoms with van der Waals surface area (Å²) >= 11 is 0. The minimum atomic E-state index is -0.442. The van der Waals surface area contributed by atoms with E-state index in [9.17, 15) is 14.4 Å². The molecule has 0 aliphatic rings. The van der Waals surface area contributed by atoms with E-state index in [1.807, 2.05) is 65.8 Å². The Hall–Kier alpha value is -2.23. The van der Waals surface area contributed by atoms with Gasteiger partial charge in [0.1, 0.15) is 11.6 Å². The molecule has 0 fully saturated rings. The fourth-order valence-corrected chi connectivity index (χ4v) is 3.04. The van der Waals surface area contributed by atoms with Crippen LogP contribution in [0.1, 0.15) is 76.9 Å². The fourth-order valence-electron chi connectivity index (χ4n) is 3.04. The zero-order valence-corrected chi connectivity index (χ0v) is 17.4. The average Bonchev–Trinajstić information content (AvgIpc) is 2.93. The highest BCUT2D eigenvalue weighted by Crippen LogP contribution is 2.27. The van der Waals surface area contributed by atoms with E-state index in [-0.39, 0.29) is 30.2 Å². The standard InChI is InChI=1S/C23H31NO3/c1-22(2,3)19(26)13-11-17-21(15-9-7-8-10-16(15)24-17)18(25)12-14-20(27)23(4,5)6/h7-10,24H,11-14H2,1-6H3. The van der Waals surface area contributed by atoms with Crippen LogP contribution in [0.3, 0.4) is 0 Å². The van der Waals surface area contributed by atoms with Crippen LogP contribution in [-0.2, 0) is 16.0 Å². The largest absolute Gasteiger partial charge is 0.358 e. The van der Waals surface area contributed by atoms with Gasteiger partial charge in [-0.2, -0.15) is 0 Å². The van der Waals surface area contributed by atoms with Gasteiger partial charge in [0.05, 0.1) is 0 Å². The molecule has 0 atom stereocenters. The first-order valence-corrected chi connectivity index (χ1v) is 9.60. The lowest BCUT2D eigenvalue weighted by Gasteiger charge is -2.17. The van der Waals surface area contributed by atoms with E-state index in [0.29, 0.717) is 18.4 Å². The third-order valence-corrected chi connectivity index (χ3v) is 4.92. The first-order chi connectivity index (χ1) is 12.4. The van der Waals surface area contributed by atoms with Gasteiger partial charge in [-0.05, 0) is 12.5 Å². The number of H-pyrrole nitrogens is 1. The Kier molecular flexibility index (Phi) is 6.08. The van der Waals surface area contributed by atoms with Crippen molar-refractivity contribution < 1.29 is 14.4 Å². The van der Waals surface area contributed by atoms with Crippen molar-refractivity contribution >= 4 is 28.3 Å². The van der Waals surface area contributed by atoms with Crippen molar-refractivity contribution in [3.8, 4) is 0 Å². The predicted octanol–water partition coefficient (Wildman–Crippen LogP) is 5.29. The maximum atomic E-state index is 13.0. The summed E-state index contributed by atoms with van der Waals surface area (Å²) in [5.74, 6) is 0.214. The summed E-state index contributed by atoms with van der Waals surface area (Å²) in [6.45, 7) is 11.3. The maximum Gasteiger partial charge on any atom is 0.165 e. The molecule has 2 aromatic rings. The minimum absolute atomic E-state index is 0.0387. The van der Waals surface area contributed by atoms with Gasteiger partial charge in [0, 0.05) is 52.3 Å². The summed E-state index contributed by atoms with van der Waals surface area (Å²) in [5.41, 5.74) is 1.48. The molecule has 0 bridgehead atoms. The molecule has 0 unspecified atom stereocenters. The molecule has 0 radical (unpaired) electrons. The Morgan fingerprint density at radius 2 is 1.37 bits per heavy atom. The molecule has 0 saturated heterocycles. The summed E-state index contributed by atoms with van der Waals surface area (Å²) in [7, 11) is 0. The summed E-state index contributed by atoms with van der Waals surface area (Å²) in [6.07, 6.45) is 1.32. The average molecular weight is 370 g/mol. The summed E-state index contributed by atoms with van der Waals surface area (Å²) in [6, 6.07) is 7.67. The molecule has 0 aliphatic heterocycles. The molecule has 0 amide bonds. The van der Waals surface area contributed by atoms with Crippen LogP contribution in [0.15, 0.2) is 24.3 Å². The number of carbonyl (C=O) groups is 3. The topological polar surface area (TPSA) is 67.0 Å². The van der Waals surface area contributed by atoms with Crippen molar-refractivity contribution in [2.75, 3.05) is 0 Å². The Morgan fingerprint density at radius 3 is 1.96 bits per heavy atom. The Morgan fingerprint density at radius 1 is 0.815 bits per heavy atom. The van der Waals surface area contributed by atoms with Crippen molar-refractivity contribution in [3.05, 3.63) is 35.5 Å². The van der Waals surface area contributed by atoms with E-state index in [2.05, 4.69) is 4.98 Å². The van der Waals surface area contributed by atoms with Gasteiger partial charge in [-0.15, -0.1) is 0 Å². The van der Waals surface area contributed by atoms with E-state index in [4.69, 9.17) is 0 Å². The van der Waals surface area contributed by atoms with Crippen molar-refractivity contribution in [1.82, 2.24) is 4.98 Å². The van der Waals surface area contributed by atoms with Gasteiger partial charge in [0.15, 0.2) is 5.78 Å². The molecule has 0 spiro atoms. The molecule has 4 heteroatoms. The number of hydrogen-bond donors (Lipinski definition) is 1. The second-order valence-electron chi connectivity index (χ2n) is 9.29. The predicted molar refractivity (Wildman–Crippen MR) is 109 cm³/mol. The summed E-state index contributed by atoms with van der Waals surface area (Å²) < 4.78 is 0. The SMILES string of the molecule is CC(C)(C)C(=O)CCC(=O)c1c(CCC(=O)C(C)(C)C)[nH]c2ccccc12. The highest BCUT2D eigenvalue weighted by molar-refractivity contribution is 6.10. The number of Topliss-reactive ketones (excluding diaryl/α,β-unsaturated/α-hetero) is 3. The Balaban J connectivity index is 2.27. The van der Waals surface area contributed by atoms with Crippen LogP contribution in [-0.4, -0.2) is 22.3 Å². The molecular formula is C23H31NO3. The van der Waals surface area contributed by atoms with E-state index in [1.165, 1.54) is 0 Å². The highest BCUT2D eigenvalue weighted by atomic mass is 16.1. The quantitative estimate of drug-likeness (QED) is 0.674. The number of ketones is 3. The van der Waals surface area contributed by atoms with Crippen LogP contribution in [0.2, 0.25) is 0 Å². The number of para-hydroxylation sites is 1. The number of benzene rings is 1. The molecule has 0 aliphatic carbocycles. The van der Waals surface area contributed by atoms with Crippen LogP contribution in [0.25, 0.3) is 10.9 Å². The molecule has 1 aromatic carbocycles. The van der Waals surface area contributed by atoms with Crippen molar-refractivity contribution in [2.24, 2.45) is 10.8 Å². The third kappa shape index (κ3) is 5.15. The summed E-state index contributed by atoms with van der Waals surface area (Å²) in [4.78, 5) is 40.8. The van der Waals surface area contributed by atoms with E-state index < -0.39 is 10.8 Å². The normalized spacial score (nSPS) is 12.4. The molecule has 146 valence electrons. The minimum Gasteiger partial charge on any atom is -0.358 e. The number of aromatic amines is 1. The summed E-state index contributed by atoms with van der Waals surface area (Å²) in [5, 5.41) is 0.865. The molecule has 0 saturated carbocycles. The van der Waals surface area contributed by atoms with E-state index >= 15 is 0 Å². The highest BCUT2D eigenvalue weighted by Gasteiger charge is 2.25. The molecular weight excluding hydrogens is 338 g/mol.